The van der Waals surface area contributed by atoms with Gasteiger partial charge in [0.2, 0.25) is 5.91 Å². The monoisotopic (exact) mass is 299 g/mol. The predicted molar refractivity (Wildman–Crippen MR) is 79.9 cm³/mol. The summed E-state index contributed by atoms with van der Waals surface area (Å²) in [6, 6.07) is 3.96. The maximum atomic E-state index is 12.2. The second-order valence-electron chi connectivity index (χ2n) is 4.95. The van der Waals surface area contributed by atoms with Gasteiger partial charge in [0.05, 0.1) is 12.1 Å². The van der Waals surface area contributed by atoms with E-state index in [1.165, 1.54) is 0 Å². The lowest BCUT2D eigenvalue weighted by Crippen LogP contribution is -2.49. The van der Waals surface area contributed by atoms with E-state index in [1.54, 1.807) is 6.20 Å². The lowest BCUT2D eigenvalue weighted by atomic mass is 10.1. The summed E-state index contributed by atoms with van der Waals surface area (Å²) >= 11 is 0. The van der Waals surface area contributed by atoms with Gasteiger partial charge in [0, 0.05) is 32.0 Å². The highest BCUT2D eigenvalue weighted by Crippen LogP contribution is 2.21. The molecule has 1 amide bonds. The maximum Gasteiger partial charge on any atom is 0.249 e. The molecule has 1 unspecified atom stereocenters. The number of hydrogen-bond acceptors (Lipinski definition) is 4. The second kappa shape index (κ2) is 8.19. The van der Waals surface area contributed by atoms with Crippen LogP contribution in [-0.4, -0.2) is 48.1 Å². The lowest BCUT2D eigenvalue weighted by molar-refractivity contribution is -0.141. The Balaban J connectivity index is 0.00000200. The van der Waals surface area contributed by atoms with Crippen LogP contribution in [0.5, 0.6) is 0 Å². The molecule has 112 valence electrons. The number of hydrogen-bond donors (Lipinski definition) is 1. The van der Waals surface area contributed by atoms with Crippen LogP contribution in [0.1, 0.15) is 25.5 Å². The molecule has 1 aliphatic rings. The summed E-state index contributed by atoms with van der Waals surface area (Å²) in [4.78, 5) is 18.3. The van der Waals surface area contributed by atoms with Gasteiger partial charge in [-0.1, -0.05) is 6.07 Å². The van der Waals surface area contributed by atoms with Crippen molar-refractivity contribution in [2.45, 2.75) is 26.0 Å². The van der Waals surface area contributed by atoms with Crippen molar-refractivity contribution in [3.8, 4) is 0 Å². The van der Waals surface area contributed by atoms with Gasteiger partial charge in [-0.25, -0.2) is 0 Å². The van der Waals surface area contributed by atoms with Crippen LogP contribution < -0.4 is 5.32 Å². The fourth-order valence-corrected chi connectivity index (χ4v) is 2.19. The minimum atomic E-state index is 0. The van der Waals surface area contributed by atoms with Crippen molar-refractivity contribution in [1.29, 1.82) is 0 Å². The van der Waals surface area contributed by atoms with Gasteiger partial charge in [-0.2, -0.15) is 0 Å². The Labute approximate surface area is 126 Å². The highest BCUT2D eigenvalue weighted by molar-refractivity contribution is 5.85. The van der Waals surface area contributed by atoms with E-state index in [9.17, 15) is 4.79 Å². The number of rotatable bonds is 4. The molecule has 0 bridgehead atoms. The molecule has 0 aliphatic carbocycles. The summed E-state index contributed by atoms with van der Waals surface area (Å²) in [6.07, 6.45) is 3.64. The average molecular weight is 300 g/mol. The Bertz CT molecular complexity index is 414. The van der Waals surface area contributed by atoms with Crippen LogP contribution in [0.4, 0.5) is 0 Å². The van der Waals surface area contributed by atoms with Crippen LogP contribution in [0.2, 0.25) is 0 Å². The Kier molecular flexibility index (Phi) is 6.91. The summed E-state index contributed by atoms with van der Waals surface area (Å²) in [5, 5.41) is 3.32. The fourth-order valence-electron chi connectivity index (χ4n) is 2.19. The second-order valence-corrected chi connectivity index (χ2v) is 4.95. The first kappa shape index (κ1) is 16.9. The smallest absolute Gasteiger partial charge is 0.249 e. The summed E-state index contributed by atoms with van der Waals surface area (Å²) in [6.45, 7) is 6.31. The third-order valence-corrected chi connectivity index (χ3v) is 3.17. The van der Waals surface area contributed by atoms with E-state index >= 15 is 0 Å². The molecule has 20 heavy (non-hydrogen) atoms. The number of halogens is 1. The Hall–Kier alpha value is -1.17. The van der Waals surface area contributed by atoms with E-state index in [4.69, 9.17) is 4.74 Å². The van der Waals surface area contributed by atoms with Crippen LogP contribution in [0.25, 0.3) is 0 Å². The first-order valence-corrected chi connectivity index (χ1v) is 6.70. The van der Waals surface area contributed by atoms with Crippen LogP contribution >= 0.6 is 12.4 Å². The average Bonchev–Trinajstić information content (AvgIpc) is 2.45. The zero-order valence-corrected chi connectivity index (χ0v) is 12.7. The fraction of sp³-hybridized carbons (Fsp3) is 0.571. The van der Waals surface area contributed by atoms with Gasteiger partial charge < -0.3 is 15.0 Å². The Morgan fingerprint density at radius 3 is 3.05 bits per heavy atom. The van der Waals surface area contributed by atoms with E-state index in [2.05, 4.69) is 10.3 Å². The number of piperazine rings is 1. The predicted octanol–water partition coefficient (Wildman–Crippen LogP) is 1.40. The number of amides is 1. The molecule has 2 heterocycles. The molecule has 1 N–H and O–H groups in total. The number of aromatic nitrogens is 1. The summed E-state index contributed by atoms with van der Waals surface area (Å²) in [5.41, 5.74) is 1.06. The molecule has 0 saturated carbocycles. The van der Waals surface area contributed by atoms with Crippen molar-refractivity contribution in [1.82, 2.24) is 15.2 Å². The van der Waals surface area contributed by atoms with Gasteiger partial charge in [-0.15, -0.1) is 12.4 Å². The number of ether oxygens (including phenoxy) is 1. The summed E-state index contributed by atoms with van der Waals surface area (Å²) in [5.74, 6) is 0.0454. The number of carbonyl (C=O) groups excluding carboxylic acids is 1. The van der Waals surface area contributed by atoms with Crippen LogP contribution in [0.15, 0.2) is 24.5 Å². The molecular weight excluding hydrogens is 278 g/mol. The number of pyridine rings is 1. The normalized spacial score (nSPS) is 18.8. The number of nitrogens with one attached hydrogen (secondary N) is 1. The molecule has 1 aliphatic heterocycles. The molecule has 2 rings (SSSR count). The number of nitrogens with zero attached hydrogens (tertiary/aromatic N) is 2. The standard InChI is InChI=1S/C14H21N3O2.ClH/c1-11(2)19-10-14(18)17-7-6-16-9-13(17)12-4-3-5-15-8-12;/h3-5,8,11,13,16H,6-7,9-10H2,1-2H3;1H. The van der Waals surface area contributed by atoms with Crippen molar-refractivity contribution in [3.63, 3.8) is 0 Å². The van der Waals surface area contributed by atoms with Gasteiger partial charge in [0.15, 0.2) is 0 Å². The van der Waals surface area contributed by atoms with Gasteiger partial charge >= 0.3 is 0 Å². The molecule has 6 heteroatoms. The molecule has 1 fully saturated rings. The highest BCUT2D eigenvalue weighted by atomic mass is 35.5. The topological polar surface area (TPSA) is 54.5 Å². The van der Waals surface area contributed by atoms with Gasteiger partial charge in [0.1, 0.15) is 6.61 Å². The molecule has 1 aromatic rings. The van der Waals surface area contributed by atoms with Crippen molar-refractivity contribution < 1.29 is 9.53 Å². The highest BCUT2D eigenvalue weighted by Gasteiger charge is 2.27. The molecule has 1 aromatic heterocycles. The maximum absolute atomic E-state index is 12.2. The van der Waals surface area contributed by atoms with Gasteiger partial charge in [-0.3, -0.25) is 9.78 Å². The van der Waals surface area contributed by atoms with E-state index in [0.29, 0.717) is 6.54 Å². The van der Waals surface area contributed by atoms with Crippen molar-refractivity contribution >= 4 is 18.3 Å². The zero-order valence-electron chi connectivity index (χ0n) is 11.9. The molecule has 1 saturated heterocycles. The Morgan fingerprint density at radius 2 is 2.40 bits per heavy atom. The molecule has 1 atom stereocenters. The lowest BCUT2D eigenvalue weighted by Gasteiger charge is -2.36. The van der Waals surface area contributed by atoms with Crippen LogP contribution in [0, 0.1) is 0 Å². The third kappa shape index (κ3) is 4.44. The Morgan fingerprint density at radius 1 is 1.60 bits per heavy atom. The number of carbonyl (C=O) groups is 1. The third-order valence-electron chi connectivity index (χ3n) is 3.17. The summed E-state index contributed by atoms with van der Waals surface area (Å²) < 4.78 is 5.41. The van der Waals surface area contributed by atoms with Crippen molar-refractivity contribution in [2.24, 2.45) is 0 Å². The molecule has 0 aromatic carbocycles. The van der Waals surface area contributed by atoms with E-state index < -0.39 is 0 Å². The largest absolute Gasteiger partial charge is 0.369 e. The van der Waals surface area contributed by atoms with Crippen LogP contribution in [0.3, 0.4) is 0 Å². The molecular formula is C14H22ClN3O2. The first-order chi connectivity index (χ1) is 9.18. The van der Waals surface area contributed by atoms with Crippen molar-refractivity contribution in [2.75, 3.05) is 26.2 Å². The quantitative estimate of drug-likeness (QED) is 0.913. The summed E-state index contributed by atoms with van der Waals surface area (Å²) in [7, 11) is 0. The van der Waals surface area contributed by atoms with E-state index in [0.717, 1.165) is 18.7 Å². The minimum absolute atomic E-state index is 0. The van der Waals surface area contributed by atoms with Gasteiger partial charge in [-0.05, 0) is 25.5 Å². The minimum Gasteiger partial charge on any atom is -0.369 e. The van der Waals surface area contributed by atoms with Crippen molar-refractivity contribution in [3.05, 3.63) is 30.1 Å². The van der Waals surface area contributed by atoms with E-state index in [-0.39, 0.29) is 37.1 Å². The van der Waals surface area contributed by atoms with E-state index in [1.807, 2.05) is 37.1 Å². The molecule has 0 radical (unpaired) electrons. The van der Waals surface area contributed by atoms with Gasteiger partial charge in [0.25, 0.3) is 0 Å². The molecule has 5 nitrogen and oxygen atoms in total. The SMILES string of the molecule is CC(C)OCC(=O)N1CCNCC1c1cccnc1.Cl. The first-order valence-electron chi connectivity index (χ1n) is 6.70. The zero-order chi connectivity index (χ0) is 13.7. The van der Waals surface area contributed by atoms with Crippen LogP contribution in [-0.2, 0) is 9.53 Å². The molecule has 0 spiro atoms.